The van der Waals surface area contributed by atoms with E-state index in [9.17, 15) is 5.11 Å². The Hall–Kier alpha value is -2.36. The van der Waals surface area contributed by atoms with Gasteiger partial charge in [-0.05, 0) is 68.4 Å². The maximum atomic E-state index is 12.7. The maximum absolute atomic E-state index is 12.7. The van der Waals surface area contributed by atoms with Gasteiger partial charge < -0.3 is 15.2 Å². The highest BCUT2D eigenvalue weighted by Gasteiger charge is 2.57. The molecular formula is C32H35NO2S2. The lowest BCUT2D eigenvalue weighted by molar-refractivity contribution is 0.0540. The van der Waals surface area contributed by atoms with E-state index in [2.05, 4.69) is 47.5 Å². The standard InChI is InChI=1S/C32H35NO2S2/c1-33-26(17-11-15-25-13-3-2-4-14-25)16-9-10-22-31(36-23-12-24-37-31)32(34)27-18-5-7-20-29(27)35-30-21-8-6-19-28(30)32/h2-8,13-14,18-21,26,33-34H,10-12,15,17,22-24H2,1H3. The quantitative estimate of drug-likeness (QED) is 0.308. The number of hydrogen-bond donors (Lipinski definition) is 2. The van der Waals surface area contributed by atoms with Crippen LogP contribution in [0.15, 0.2) is 78.9 Å². The minimum atomic E-state index is -1.16. The molecule has 37 heavy (non-hydrogen) atoms. The predicted octanol–water partition coefficient (Wildman–Crippen LogP) is 6.99. The second kappa shape index (κ2) is 12.0. The van der Waals surface area contributed by atoms with Crippen LogP contribution in [0.2, 0.25) is 0 Å². The second-order valence-corrected chi connectivity index (χ2v) is 12.7. The number of aryl methyl sites for hydroxylation is 1. The van der Waals surface area contributed by atoms with Crippen LogP contribution in [0.1, 0.15) is 48.8 Å². The van der Waals surface area contributed by atoms with Gasteiger partial charge in [0.05, 0.1) is 10.1 Å². The Labute approximate surface area is 229 Å². The van der Waals surface area contributed by atoms with Gasteiger partial charge in [0.2, 0.25) is 0 Å². The van der Waals surface area contributed by atoms with E-state index >= 15 is 0 Å². The molecule has 2 N–H and O–H groups in total. The largest absolute Gasteiger partial charge is 0.457 e. The topological polar surface area (TPSA) is 41.5 Å². The predicted molar refractivity (Wildman–Crippen MR) is 157 cm³/mol. The van der Waals surface area contributed by atoms with Crippen molar-refractivity contribution in [2.24, 2.45) is 0 Å². The summed E-state index contributed by atoms with van der Waals surface area (Å²) in [4.78, 5) is 0. The van der Waals surface area contributed by atoms with Crippen molar-refractivity contribution in [2.45, 2.75) is 54.2 Å². The normalized spacial score (nSPS) is 17.9. The van der Waals surface area contributed by atoms with Gasteiger partial charge in [0.15, 0.2) is 0 Å². The molecule has 2 aliphatic rings. The average Bonchev–Trinajstić information content (AvgIpc) is 2.95. The zero-order chi connectivity index (χ0) is 25.6. The van der Waals surface area contributed by atoms with Gasteiger partial charge >= 0.3 is 0 Å². The third kappa shape index (κ3) is 5.45. The first-order chi connectivity index (χ1) is 18.2. The molecule has 3 nitrogen and oxygen atoms in total. The molecule has 0 aliphatic carbocycles. The number of thioether (sulfide) groups is 2. The molecule has 0 bridgehead atoms. The zero-order valence-electron chi connectivity index (χ0n) is 21.4. The van der Waals surface area contributed by atoms with Gasteiger partial charge in [0.1, 0.15) is 17.1 Å². The summed E-state index contributed by atoms with van der Waals surface area (Å²) in [5, 5.41) is 16.1. The van der Waals surface area contributed by atoms with Gasteiger partial charge in [-0.15, -0.1) is 29.4 Å². The minimum Gasteiger partial charge on any atom is -0.457 e. The fraction of sp³-hybridized carbons (Fsp3) is 0.375. The highest BCUT2D eigenvalue weighted by Crippen LogP contribution is 2.62. The van der Waals surface area contributed by atoms with Crippen LogP contribution in [-0.4, -0.2) is 33.8 Å². The Morgan fingerprint density at radius 2 is 1.54 bits per heavy atom. The first-order valence-corrected chi connectivity index (χ1v) is 15.2. The van der Waals surface area contributed by atoms with E-state index in [1.807, 2.05) is 79.1 Å². The van der Waals surface area contributed by atoms with E-state index in [0.29, 0.717) is 0 Å². The van der Waals surface area contributed by atoms with Crippen molar-refractivity contribution in [1.29, 1.82) is 0 Å². The maximum Gasteiger partial charge on any atom is 0.145 e. The number of fused-ring (bicyclic) bond motifs is 2. The van der Waals surface area contributed by atoms with Crippen LogP contribution in [0.25, 0.3) is 0 Å². The Balaban J connectivity index is 1.35. The number of aliphatic hydroxyl groups is 1. The minimum absolute atomic E-state index is 0.180. The molecule has 0 radical (unpaired) electrons. The zero-order valence-corrected chi connectivity index (χ0v) is 23.0. The van der Waals surface area contributed by atoms with Crippen LogP contribution < -0.4 is 10.1 Å². The second-order valence-electron chi connectivity index (χ2n) is 9.65. The van der Waals surface area contributed by atoms with Crippen molar-refractivity contribution >= 4 is 23.5 Å². The number of benzene rings is 3. The number of rotatable bonds is 8. The van der Waals surface area contributed by atoms with Crippen LogP contribution in [0.4, 0.5) is 0 Å². The van der Waals surface area contributed by atoms with Gasteiger partial charge in [-0.1, -0.05) is 72.7 Å². The smallest absolute Gasteiger partial charge is 0.145 e. The SMILES string of the molecule is CNC(C#CCCC1(C2(O)c3ccccc3Oc3ccccc32)SCCCS1)CCCc1ccccc1. The van der Waals surface area contributed by atoms with E-state index in [1.54, 1.807) is 0 Å². The van der Waals surface area contributed by atoms with Crippen molar-refractivity contribution in [1.82, 2.24) is 5.32 Å². The number of nitrogens with one attached hydrogen (secondary N) is 1. The lowest BCUT2D eigenvalue weighted by Gasteiger charge is -2.50. The van der Waals surface area contributed by atoms with Crippen LogP contribution in [0, 0.1) is 11.8 Å². The van der Waals surface area contributed by atoms with E-state index < -0.39 is 9.68 Å². The summed E-state index contributed by atoms with van der Waals surface area (Å²) < 4.78 is 5.80. The summed E-state index contributed by atoms with van der Waals surface area (Å²) in [6, 6.07) is 26.8. The highest BCUT2D eigenvalue weighted by molar-refractivity contribution is 8.18. The van der Waals surface area contributed by atoms with Gasteiger partial charge in [0.25, 0.3) is 0 Å². The fourth-order valence-electron chi connectivity index (χ4n) is 5.36. The molecule has 0 aromatic heterocycles. The van der Waals surface area contributed by atoms with Crippen LogP contribution >= 0.6 is 23.5 Å². The third-order valence-corrected chi connectivity index (χ3v) is 10.9. The van der Waals surface area contributed by atoms with Crippen molar-refractivity contribution in [3.05, 3.63) is 95.6 Å². The first-order valence-electron chi connectivity index (χ1n) is 13.2. The molecule has 5 heteroatoms. The Morgan fingerprint density at radius 1 is 0.919 bits per heavy atom. The van der Waals surface area contributed by atoms with Gasteiger partial charge in [-0.3, -0.25) is 0 Å². The molecule has 1 fully saturated rings. The summed E-state index contributed by atoms with van der Waals surface area (Å²) in [6.45, 7) is 0. The lowest BCUT2D eigenvalue weighted by atomic mass is 9.78. The van der Waals surface area contributed by atoms with Crippen LogP contribution in [0.5, 0.6) is 11.5 Å². The molecule has 0 spiro atoms. The van der Waals surface area contributed by atoms with E-state index in [-0.39, 0.29) is 6.04 Å². The van der Waals surface area contributed by atoms with Crippen LogP contribution in [-0.2, 0) is 12.0 Å². The number of para-hydroxylation sites is 2. The molecule has 1 saturated heterocycles. The number of ether oxygens (including phenoxy) is 1. The van der Waals surface area contributed by atoms with Gasteiger partial charge in [-0.2, -0.15) is 0 Å². The average molecular weight is 530 g/mol. The van der Waals surface area contributed by atoms with Crippen LogP contribution in [0.3, 0.4) is 0 Å². The Bertz CT molecular complexity index is 1200. The molecule has 3 aromatic carbocycles. The first kappa shape index (κ1) is 26.3. The monoisotopic (exact) mass is 529 g/mol. The summed E-state index contributed by atoms with van der Waals surface area (Å²) in [6.07, 6.45) is 5.90. The molecule has 0 amide bonds. The summed E-state index contributed by atoms with van der Waals surface area (Å²) >= 11 is 3.79. The highest BCUT2D eigenvalue weighted by atomic mass is 32.2. The van der Waals surface area contributed by atoms with Crippen molar-refractivity contribution in [3.8, 4) is 23.3 Å². The molecule has 0 saturated carbocycles. The van der Waals surface area contributed by atoms with E-state index in [0.717, 1.165) is 72.7 Å². The summed E-state index contributed by atoms with van der Waals surface area (Å²) in [5.41, 5.74) is 1.94. The lowest BCUT2D eigenvalue weighted by Crippen LogP contribution is -2.51. The van der Waals surface area contributed by atoms with E-state index in [1.165, 1.54) is 5.56 Å². The molecule has 2 aliphatic heterocycles. The van der Waals surface area contributed by atoms with Gasteiger partial charge in [-0.25, -0.2) is 0 Å². The molecule has 5 rings (SSSR count). The van der Waals surface area contributed by atoms with Crippen molar-refractivity contribution in [2.75, 3.05) is 18.6 Å². The Kier molecular flexibility index (Phi) is 8.52. The molecule has 192 valence electrons. The molecule has 1 atom stereocenters. The molecule has 3 aromatic rings. The van der Waals surface area contributed by atoms with E-state index in [4.69, 9.17) is 4.74 Å². The summed E-state index contributed by atoms with van der Waals surface area (Å²) in [5.74, 6) is 10.5. The molecule has 2 heterocycles. The number of hydrogen-bond acceptors (Lipinski definition) is 5. The third-order valence-electron chi connectivity index (χ3n) is 7.29. The fourth-order valence-corrected chi connectivity index (χ4v) is 8.96. The molecule has 1 unspecified atom stereocenters. The Morgan fingerprint density at radius 3 is 2.19 bits per heavy atom. The summed E-state index contributed by atoms with van der Waals surface area (Å²) in [7, 11) is 1.99. The van der Waals surface area contributed by atoms with Crippen molar-refractivity contribution < 1.29 is 9.84 Å². The van der Waals surface area contributed by atoms with Gasteiger partial charge in [0, 0.05) is 17.5 Å². The van der Waals surface area contributed by atoms with Crippen molar-refractivity contribution in [3.63, 3.8) is 0 Å². The molecular weight excluding hydrogens is 494 g/mol.